The molecule has 10 aliphatic rings. The van der Waals surface area contributed by atoms with E-state index in [1.165, 1.54) is 14.2 Å². The Labute approximate surface area is 475 Å². The summed E-state index contributed by atoms with van der Waals surface area (Å²) in [5, 5.41) is 17.3. The smallest absolute Gasteiger partial charge is 0.306 e. The molecule has 0 heterocycles. The number of methoxy groups -OCH3 is 1. The molecule has 0 saturated heterocycles. The van der Waals surface area contributed by atoms with Crippen LogP contribution in [0.2, 0.25) is 0 Å². The van der Waals surface area contributed by atoms with Crippen molar-refractivity contribution in [1.29, 1.82) is 0 Å². The van der Waals surface area contributed by atoms with E-state index in [1.807, 2.05) is 39.8 Å². The molecule has 0 amide bonds. The van der Waals surface area contributed by atoms with E-state index in [0.29, 0.717) is 30.8 Å². The number of nitrogens with zero attached hydrogens (tertiary/aromatic N) is 2. The minimum Gasteiger partial charge on any atom is -0.481 e. The number of hydrogen-bond donors (Lipinski definition) is 3. The van der Waals surface area contributed by atoms with E-state index < -0.39 is 22.2 Å². The van der Waals surface area contributed by atoms with E-state index in [2.05, 4.69) is 78.9 Å². The van der Waals surface area contributed by atoms with Gasteiger partial charge in [0.25, 0.3) is 0 Å². The molecule has 438 valence electrons. The molecule has 12 heteroatoms. The second-order valence-corrected chi connectivity index (χ2v) is 31.6. The van der Waals surface area contributed by atoms with Gasteiger partial charge in [0.15, 0.2) is 11.6 Å². The molecule has 3 N–H and O–H groups in total. The van der Waals surface area contributed by atoms with Gasteiger partial charge in [-0.25, -0.2) is 15.2 Å². The van der Waals surface area contributed by atoms with Gasteiger partial charge in [0.2, 0.25) is 11.4 Å². The van der Waals surface area contributed by atoms with Crippen LogP contribution in [0.15, 0.2) is 23.5 Å². The van der Waals surface area contributed by atoms with E-state index in [4.69, 9.17) is 23.1 Å². The summed E-state index contributed by atoms with van der Waals surface area (Å²) in [6, 6.07) is 0. The molecule has 79 heavy (non-hydrogen) atoms. The summed E-state index contributed by atoms with van der Waals surface area (Å²) in [6.45, 7) is 46.7. The number of fused-ring (bicyclic) bond motifs is 14. The van der Waals surface area contributed by atoms with Gasteiger partial charge in [-0.05, 0) is 180 Å². The molecular weight excluding hydrogens is 991 g/mol. The number of carbonyl (C=O) groups is 6. The number of ether oxygens (including phenoxy) is 1. The summed E-state index contributed by atoms with van der Waals surface area (Å²) in [6.07, 6.45) is 18.8. The van der Waals surface area contributed by atoms with Crippen LogP contribution in [0.25, 0.3) is 9.69 Å². The first-order valence-electron chi connectivity index (χ1n) is 29.9. The van der Waals surface area contributed by atoms with Crippen LogP contribution >= 0.6 is 0 Å². The normalized spacial score (nSPS) is 45.2. The Hall–Kier alpha value is -4.00. The molecule has 0 bridgehead atoms. The van der Waals surface area contributed by atoms with Crippen LogP contribution < -0.4 is 5.48 Å². The lowest BCUT2D eigenvalue weighted by Gasteiger charge is -2.72. The minimum atomic E-state index is -0.736. The third kappa shape index (κ3) is 9.04. The Balaban J connectivity index is 0.000000215. The predicted octanol–water partition coefficient (Wildman–Crippen LogP) is 14.5. The first kappa shape index (κ1) is 62.6. The molecular formula is C67H101N3O9. The molecule has 10 rings (SSSR count). The lowest BCUT2D eigenvalue weighted by atomic mass is 9.31. The maximum Gasteiger partial charge on any atom is 0.306 e. The van der Waals surface area contributed by atoms with Crippen molar-refractivity contribution in [1.82, 2.24) is 5.48 Å². The number of ketones is 4. The monoisotopic (exact) mass is 1090 g/mol. The predicted molar refractivity (Wildman–Crippen MR) is 306 cm³/mol. The molecule has 16 atom stereocenters. The largest absolute Gasteiger partial charge is 0.481 e. The zero-order chi connectivity index (χ0) is 58.2. The van der Waals surface area contributed by atoms with Crippen molar-refractivity contribution in [2.75, 3.05) is 14.2 Å². The first-order chi connectivity index (χ1) is 35.9. The first-order valence-corrected chi connectivity index (χ1v) is 29.9. The topological polar surface area (TPSA) is 173 Å². The van der Waals surface area contributed by atoms with Gasteiger partial charge < -0.3 is 24.6 Å². The highest BCUT2D eigenvalue weighted by Gasteiger charge is 2.74. The highest BCUT2D eigenvalue weighted by Crippen LogP contribution is 2.78. The Kier molecular flexibility index (Phi) is 15.9. The van der Waals surface area contributed by atoms with Crippen molar-refractivity contribution in [2.24, 2.45) is 112 Å². The Morgan fingerprint density at radius 3 is 1.24 bits per heavy atom. The van der Waals surface area contributed by atoms with Crippen LogP contribution in [-0.4, -0.2) is 59.5 Å². The molecule has 8 fully saturated rings. The van der Waals surface area contributed by atoms with Crippen LogP contribution in [0.5, 0.6) is 0 Å². The van der Waals surface area contributed by atoms with Crippen molar-refractivity contribution in [3.8, 4) is 0 Å². The highest BCUT2D eigenvalue weighted by molar-refractivity contribution is 6.03. The summed E-state index contributed by atoms with van der Waals surface area (Å²) in [7, 11) is 2.91. The molecule has 12 nitrogen and oxygen atoms in total. The average Bonchev–Trinajstić information content (AvgIpc) is 3.03. The second-order valence-electron chi connectivity index (χ2n) is 31.6. The Morgan fingerprint density at radius 2 is 0.911 bits per heavy atom. The fourth-order valence-corrected chi connectivity index (χ4v) is 22.0. The second kappa shape index (κ2) is 20.1. The van der Waals surface area contributed by atoms with Gasteiger partial charge in [-0.3, -0.25) is 19.2 Å². The fraction of sp³-hybridized carbons (Fsp3) is 0.821. The van der Waals surface area contributed by atoms with Gasteiger partial charge in [-0.15, -0.1) is 0 Å². The summed E-state index contributed by atoms with van der Waals surface area (Å²) < 4.78 is 5.18. The molecule has 0 spiro atoms. The number of nitrogens with one attached hydrogen (secondary N) is 1. The van der Waals surface area contributed by atoms with Gasteiger partial charge in [-0.2, -0.15) is 0 Å². The standard InChI is InChI=1S/C33H47NO4.C32H45NO4.CH5NO.CH4/c1-28(2)12-14-33(19-25(36)38-9)15-13-32(7)26(20(33)17-28)22(35)16-24-30(5)18-21(34-8)27(37)29(3,4)23(30)10-11-31(24,32)6;1-27(2)11-13-32(18-24(35)36)14-12-31(7)25(19(32)16-27)21(34)15-23-29(5)17-20(33-8)26(37)28(3,4)22(29)9-10-30(23,31)6;1-2-3;/h18,20,23-24,26H,10-17,19H2,1-7,9H3;17,19,22-23,25H,9-16,18H2,1-7H3,(H,35,36);2-3H,1H3;1H4/t20-,23-,24+,26-,30-,31+,32+,33+;19-,22-,23+,25-,29-,30+,31+,32+;;/m00../s1. The molecule has 0 aliphatic heterocycles. The summed E-state index contributed by atoms with van der Waals surface area (Å²) in [4.78, 5) is 87.5. The quantitative estimate of drug-likeness (QED) is 0.140. The summed E-state index contributed by atoms with van der Waals surface area (Å²) in [5.41, 5.74) is -0.569. The maximum atomic E-state index is 14.5. The van der Waals surface area contributed by atoms with Crippen LogP contribution in [-0.2, 0) is 33.5 Å². The van der Waals surface area contributed by atoms with Crippen molar-refractivity contribution in [3.05, 3.63) is 46.4 Å². The Morgan fingerprint density at radius 1 is 0.570 bits per heavy atom. The molecule has 10 aliphatic carbocycles. The van der Waals surface area contributed by atoms with Crippen LogP contribution in [0.3, 0.4) is 0 Å². The van der Waals surface area contributed by atoms with Gasteiger partial charge >= 0.3 is 11.9 Å². The lowest BCUT2D eigenvalue weighted by molar-refractivity contribution is -0.224. The van der Waals surface area contributed by atoms with E-state index >= 15 is 0 Å². The molecule has 0 unspecified atom stereocenters. The van der Waals surface area contributed by atoms with E-state index in [1.54, 1.807) is 5.48 Å². The maximum absolute atomic E-state index is 14.5. The molecule has 8 saturated carbocycles. The van der Waals surface area contributed by atoms with Crippen LogP contribution in [0.4, 0.5) is 0 Å². The molecule has 0 aromatic rings. The van der Waals surface area contributed by atoms with Gasteiger partial charge in [0.1, 0.15) is 11.6 Å². The number of hydroxylamine groups is 1. The van der Waals surface area contributed by atoms with E-state index in [0.717, 1.165) is 89.9 Å². The van der Waals surface area contributed by atoms with Gasteiger partial charge in [0.05, 0.1) is 33.1 Å². The van der Waals surface area contributed by atoms with Gasteiger partial charge in [-0.1, -0.05) is 117 Å². The van der Waals surface area contributed by atoms with Gasteiger partial charge in [0, 0.05) is 42.6 Å². The number of allylic oxidation sites excluding steroid dienone is 4. The number of carboxylic acids is 1. The SMILES string of the molecule is C.CNO.[C-]#[N+]C1=C[C@]2(C)[C@H]3CC(=O)[C@@H]4[C@@H]5CC(C)(C)CC[C@]5(CC(=O)O)CC[C@@]4(C)[C@]3(C)CC[C@H]2C(C)(C)C1=O.[C-]#[N+]C1=C[C@]2(C)[C@H]3CC(=O)[C@@H]4[C@@H]5CC(C)(C)CC[C@]5(CC(=O)OC)CC[C@@]4(C)[C@]3(C)CC[C@H]2C(C)(C)C1=O. The highest BCUT2D eigenvalue weighted by atomic mass is 16.5. The van der Waals surface area contributed by atoms with E-state index in [-0.39, 0.29) is 139 Å². The van der Waals surface area contributed by atoms with Crippen LogP contribution in [0, 0.1) is 125 Å². The summed E-state index contributed by atoms with van der Waals surface area (Å²) >= 11 is 0. The number of Topliss-reactive ketones (excluding diaryl/α,β-unsaturated/α-hetero) is 4. The number of aliphatic carboxylic acids is 1. The third-order valence-electron chi connectivity index (χ3n) is 26.5. The van der Waals surface area contributed by atoms with Crippen molar-refractivity contribution in [2.45, 2.75) is 220 Å². The number of carboxylic acid groups (broad SMARTS) is 1. The number of carbonyl (C=O) groups excluding carboxylic acids is 5. The van der Waals surface area contributed by atoms with E-state index in [9.17, 15) is 33.9 Å². The lowest BCUT2D eigenvalue weighted by Crippen LogP contribution is -2.68. The zero-order valence-electron chi connectivity index (χ0n) is 50.6. The summed E-state index contributed by atoms with van der Waals surface area (Å²) in [5.74, 6) is 0.146. The number of hydrogen-bond acceptors (Lipinski definition) is 9. The van der Waals surface area contributed by atoms with Crippen LogP contribution in [0.1, 0.15) is 220 Å². The molecule has 0 aromatic carbocycles. The number of rotatable bonds is 4. The number of esters is 1. The minimum absolute atomic E-state index is 0. The van der Waals surface area contributed by atoms with Crippen molar-refractivity contribution in [3.63, 3.8) is 0 Å². The molecule has 0 aromatic heterocycles. The van der Waals surface area contributed by atoms with Crippen molar-refractivity contribution < 1.29 is 43.8 Å². The van der Waals surface area contributed by atoms with Crippen molar-refractivity contribution >= 4 is 35.1 Å². The average molecular weight is 1090 g/mol. The molecule has 0 radical (unpaired) electrons. The third-order valence-corrected chi connectivity index (χ3v) is 26.5. The fourth-order valence-electron chi connectivity index (χ4n) is 22.0. The Bertz CT molecular complexity index is 2680. The zero-order valence-corrected chi connectivity index (χ0v) is 50.6.